The Labute approximate surface area is 136 Å². The van der Waals surface area contributed by atoms with Gasteiger partial charge in [-0.2, -0.15) is 0 Å². The van der Waals surface area contributed by atoms with Crippen molar-refractivity contribution in [1.82, 2.24) is 9.88 Å². The smallest absolute Gasteiger partial charge is 0.0926 e. The number of likely N-dealkylation sites (tertiary alicyclic amines) is 1. The molecular formula is C16H22ClN3S. The first-order chi connectivity index (χ1) is 9.76. The molecule has 0 aliphatic carbocycles. The monoisotopic (exact) mass is 323 g/mol. The molecule has 0 amide bonds. The van der Waals surface area contributed by atoms with Crippen molar-refractivity contribution in [2.24, 2.45) is 5.73 Å². The lowest BCUT2D eigenvalue weighted by atomic mass is 9.95. The molecule has 2 heterocycles. The van der Waals surface area contributed by atoms with E-state index in [-0.39, 0.29) is 18.4 Å². The van der Waals surface area contributed by atoms with Gasteiger partial charge in [0, 0.05) is 37.0 Å². The van der Waals surface area contributed by atoms with E-state index >= 15 is 0 Å². The quantitative estimate of drug-likeness (QED) is 0.940. The van der Waals surface area contributed by atoms with E-state index in [0.717, 1.165) is 26.1 Å². The average molecular weight is 324 g/mol. The second-order valence-electron chi connectivity index (χ2n) is 5.46. The molecular weight excluding hydrogens is 302 g/mol. The van der Waals surface area contributed by atoms with Gasteiger partial charge in [0.1, 0.15) is 0 Å². The van der Waals surface area contributed by atoms with Gasteiger partial charge in [-0.15, -0.1) is 23.7 Å². The summed E-state index contributed by atoms with van der Waals surface area (Å²) in [6.45, 7) is 5.07. The van der Waals surface area contributed by atoms with Crippen LogP contribution in [-0.2, 0) is 13.0 Å². The fraction of sp³-hybridized carbons (Fsp3) is 0.438. The average Bonchev–Trinajstić information content (AvgIpc) is 3.07. The Hall–Kier alpha value is -0.940. The first kappa shape index (κ1) is 16.4. The van der Waals surface area contributed by atoms with Gasteiger partial charge in [0.15, 0.2) is 0 Å². The molecule has 5 heteroatoms. The maximum atomic E-state index is 6.33. The molecule has 2 aromatic rings. The fourth-order valence-corrected chi connectivity index (χ4v) is 3.64. The van der Waals surface area contributed by atoms with Crippen molar-refractivity contribution >= 4 is 23.7 Å². The van der Waals surface area contributed by atoms with Crippen LogP contribution in [-0.4, -0.2) is 29.0 Å². The van der Waals surface area contributed by atoms with E-state index in [1.807, 2.05) is 0 Å². The third-order valence-electron chi connectivity index (χ3n) is 3.96. The van der Waals surface area contributed by atoms with Gasteiger partial charge in [-0.3, -0.25) is 4.90 Å². The predicted molar refractivity (Wildman–Crippen MR) is 91.2 cm³/mol. The number of hydrogen-bond donors (Lipinski definition) is 1. The van der Waals surface area contributed by atoms with Crippen LogP contribution in [0, 0.1) is 0 Å². The summed E-state index contributed by atoms with van der Waals surface area (Å²) >= 11 is 1.76. The van der Waals surface area contributed by atoms with Gasteiger partial charge in [0.05, 0.1) is 10.7 Å². The zero-order valence-corrected chi connectivity index (χ0v) is 13.9. The maximum Gasteiger partial charge on any atom is 0.0926 e. The predicted octanol–water partition coefficient (Wildman–Crippen LogP) is 3.05. The zero-order chi connectivity index (χ0) is 13.9. The van der Waals surface area contributed by atoms with E-state index in [1.165, 1.54) is 16.3 Å². The summed E-state index contributed by atoms with van der Waals surface area (Å²) in [5.41, 5.74) is 8.87. The lowest BCUT2D eigenvalue weighted by Gasteiger charge is -2.15. The van der Waals surface area contributed by atoms with Gasteiger partial charge in [-0.05, 0) is 12.0 Å². The van der Waals surface area contributed by atoms with Crippen LogP contribution in [0.3, 0.4) is 0 Å². The lowest BCUT2D eigenvalue weighted by Crippen LogP contribution is -2.28. The van der Waals surface area contributed by atoms with Crippen molar-refractivity contribution in [1.29, 1.82) is 0 Å². The number of rotatable bonds is 4. The number of nitrogens with zero attached hydrogens (tertiary/aromatic N) is 2. The van der Waals surface area contributed by atoms with Crippen molar-refractivity contribution in [3.63, 3.8) is 0 Å². The van der Waals surface area contributed by atoms with Crippen molar-refractivity contribution in [2.45, 2.75) is 31.8 Å². The molecule has 0 unspecified atom stereocenters. The van der Waals surface area contributed by atoms with Crippen molar-refractivity contribution in [3.05, 3.63) is 52.0 Å². The molecule has 2 N–H and O–H groups in total. The van der Waals surface area contributed by atoms with E-state index < -0.39 is 0 Å². The van der Waals surface area contributed by atoms with Crippen LogP contribution in [0.2, 0.25) is 0 Å². The maximum absolute atomic E-state index is 6.33. The summed E-state index contributed by atoms with van der Waals surface area (Å²) in [5.74, 6) is 0.445. The first-order valence-electron chi connectivity index (χ1n) is 7.22. The molecule has 0 radical (unpaired) electrons. The topological polar surface area (TPSA) is 42.2 Å². The Kier molecular flexibility index (Phi) is 5.76. The third kappa shape index (κ3) is 3.83. The second kappa shape index (κ2) is 7.36. The highest BCUT2D eigenvalue weighted by atomic mass is 35.5. The summed E-state index contributed by atoms with van der Waals surface area (Å²) in [5, 5.41) is 3.41. The Morgan fingerprint density at radius 3 is 2.71 bits per heavy atom. The van der Waals surface area contributed by atoms with Crippen molar-refractivity contribution in [3.8, 4) is 0 Å². The lowest BCUT2D eigenvalue weighted by molar-refractivity contribution is 0.320. The summed E-state index contributed by atoms with van der Waals surface area (Å²) in [7, 11) is 0. The molecule has 1 aliphatic heterocycles. The van der Waals surface area contributed by atoms with Crippen LogP contribution >= 0.6 is 23.7 Å². The summed E-state index contributed by atoms with van der Waals surface area (Å²) in [6, 6.07) is 10.8. The van der Waals surface area contributed by atoms with Gasteiger partial charge in [-0.25, -0.2) is 4.98 Å². The van der Waals surface area contributed by atoms with Crippen LogP contribution < -0.4 is 5.73 Å². The highest BCUT2D eigenvalue weighted by Gasteiger charge is 2.31. The number of aromatic nitrogens is 1. The largest absolute Gasteiger partial charge is 0.326 e. The number of nitrogens with two attached hydrogens (primary N) is 1. The highest BCUT2D eigenvalue weighted by Crippen LogP contribution is 2.27. The van der Waals surface area contributed by atoms with Crippen LogP contribution in [0.15, 0.2) is 35.7 Å². The molecule has 1 fully saturated rings. The molecule has 3 rings (SSSR count). The van der Waals surface area contributed by atoms with Gasteiger partial charge in [0.25, 0.3) is 0 Å². The standard InChI is InChI=1S/C16H21N3S.ClH/c1-2-16-18-13(11-20-16)8-19-9-14(15(17)10-19)12-6-4-3-5-7-12;/h3-7,11,14-15H,2,8-10,17H2,1H3;1H/t14-,15+;/m0./s1. The zero-order valence-electron chi connectivity index (χ0n) is 12.2. The summed E-state index contributed by atoms with van der Waals surface area (Å²) in [4.78, 5) is 7.08. The number of aryl methyl sites for hydroxylation is 1. The van der Waals surface area contributed by atoms with Gasteiger partial charge in [-0.1, -0.05) is 37.3 Å². The molecule has 21 heavy (non-hydrogen) atoms. The number of halogens is 1. The Morgan fingerprint density at radius 2 is 2.05 bits per heavy atom. The summed E-state index contributed by atoms with van der Waals surface area (Å²) < 4.78 is 0. The number of hydrogen-bond acceptors (Lipinski definition) is 4. The Bertz CT molecular complexity index is 558. The Morgan fingerprint density at radius 1 is 1.29 bits per heavy atom. The van der Waals surface area contributed by atoms with E-state index in [1.54, 1.807) is 11.3 Å². The molecule has 1 saturated heterocycles. The molecule has 1 aromatic heterocycles. The second-order valence-corrected chi connectivity index (χ2v) is 6.40. The Balaban J connectivity index is 0.00000161. The molecule has 1 aromatic carbocycles. The SMILES string of the molecule is CCc1nc(CN2C[C@@H](N)[C@H](c3ccccc3)C2)cs1.Cl. The van der Waals surface area contributed by atoms with E-state index in [0.29, 0.717) is 5.92 Å². The molecule has 1 aliphatic rings. The fourth-order valence-electron chi connectivity index (χ4n) is 2.91. The minimum Gasteiger partial charge on any atom is -0.326 e. The van der Waals surface area contributed by atoms with Crippen LogP contribution in [0.5, 0.6) is 0 Å². The highest BCUT2D eigenvalue weighted by molar-refractivity contribution is 7.09. The minimum atomic E-state index is 0. The molecule has 0 spiro atoms. The summed E-state index contributed by atoms with van der Waals surface area (Å²) in [6.07, 6.45) is 1.02. The third-order valence-corrected chi connectivity index (χ3v) is 5.00. The van der Waals surface area contributed by atoms with E-state index in [9.17, 15) is 0 Å². The van der Waals surface area contributed by atoms with Crippen LogP contribution in [0.1, 0.15) is 29.1 Å². The number of benzene rings is 1. The molecule has 0 bridgehead atoms. The molecule has 0 saturated carbocycles. The van der Waals surface area contributed by atoms with Crippen LogP contribution in [0.25, 0.3) is 0 Å². The van der Waals surface area contributed by atoms with Crippen molar-refractivity contribution in [2.75, 3.05) is 13.1 Å². The molecule has 2 atom stereocenters. The first-order valence-corrected chi connectivity index (χ1v) is 8.10. The van der Waals surface area contributed by atoms with E-state index in [4.69, 9.17) is 5.73 Å². The number of thiazole rings is 1. The molecule has 3 nitrogen and oxygen atoms in total. The normalized spacial score (nSPS) is 22.2. The van der Waals surface area contributed by atoms with Gasteiger partial charge in [0.2, 0.25) is 0 Å². The molecule has 114 valence electrons. The van der Waals surface area contributed by atoms with Gasteiger partial charge >= 0.3 is 0 Å². The van der Waals surface area contributed by atoms with E-state index in [2.05, 4.69) is 52.5 Å². The van der Waals surface area contributed by atoms with Crippen molar-refractivity contribution < 1.29 is 0 Å². The minimum absolute atomic E-state index is 0. The van der Waals surface area contributed by atoms with Gasteiger partial charge < -0.3 is 5.73 Å². The van der Waals surface area contributed by atoms with Crippen LogP contribution in [0.4, 0.5) is 0 Å².